The summed E-state index contributed by atoms with van der Waals surface area (Å²) in [5, 5.41) is 0. The van der Waals surface area contributed by atoms with Crippen LogP contribution in [0.5, 0.6) is 5.75 Å². The van der Waals surface area contributed by atoms with Crippen LogP contribution in [0.3, 0.4) is 0 Å². The average Bonchev–Trinajstić information content (AvgIpc) is 3.06. The Hall–Kier alpha value is -2.27. The highest BCUT2D eigenvalue weighted by molar-refractivity contribution is 14.2. The maximum Gasteiger partial charge on any atom is 0.119 e. The fourth-order valence-corrected chi connectivity index (χ4v) is 5.78. The standard InChI is InChI=1S/C26H26INO/c1-17-22(19-7-6-8-21(14-19)29-5)15-23-24(27-16-28-25(17)23)13-18-9-11-20(12-10-18)26(2,3)4/h6-12,14-16H,1,13H2,2-5H3. The van der Waals surface area contributed by atoms with E-state index >= 15 is 0 Å². The van der Waals surface area contributed by atoms with Crippen LogP contribution < -0.4 is 4.74 Å². The van der Waals surface area contributed by atoms with Crippen molar-refractivity contribution in [1.29, 1.82) is 0 Å². The number of rotatable bonds is 4. The number of hydrogen-bond donors (Lipinski definition) is 0. The summed E-state index contributed by atoms with van der Waals surface area (Å²) in [7, 11) is 1.70. The van der Waals surface area contributed by atoms with E-state index in [9.17, 15) is 0 Å². The molecule has 0 unspecified atom stereocenters. The second kappa shape index (κ2) is 7.86. The lowest BCUT2D eigenvalue weighted by Gasteiger charge is -2.19. The molecule has 3 heteroatoms. The van der Waals surface area contributed by atoms with Gasteiger partial charge in [0.2, 0.25) is 0 Å². The molecule has 0 N–H and O–H groups in total. The Morgan fingerprint density at radius 1 is 1.07 bits per heavy atom. The van der Waals surface area contributed by atoms with E-state index < -0.39 is 0 Å². The van der Waals surface area contributed by atoms with E-state index in [0.29, 0.717) is 0 Å². The molecular formula is C26H26INO. The van der Waals surface area contributed by atoms with Gasteiger partial charge in [0.15, 0.2) is 0 Å². The molecule has 1 aliphatic heterocycles. The van der Waals surface area contributed by atoms with E-state index in [1.165, 1.54) is 20.2 Å². The van der Waals surface area contributed by atoms with Crippen LogP contribution in [0.25, 0.3) is 5.57 Å². The zero-order valence-electron chi connectivity index (χ0n) is 17.4. The Balaban J connectivity index is 1.62. The Morgan fingerprint density at radius 3 is 2.52 bits per heavy atom. The minimum absolute atomic E-state index is 0.184. The topological polar surface area (TPSA) is 21.6 Å². The molecule has 2 aromatic rings. The Morgan fingerprint density at radius 2 is 1.83 bits per heavy atom. The summed E-state index contributed by atoms with van der Waals surface area (Å²) in [6.07, 6.45) is 3.26. The van der Waals surface area contributed by atoms with E-state index in [0.717, 1.165) is 34.6 Å². The molecule has 1 heterocycles. The van der Waals surface area contributed by atoms with Gasteiger partial charge in [-0.3, -0.25) is 0 Å². The number of allylic oxidation sites excluding steroid dienone is 3. The quantitative estimate of drug-likeness (QED) is 0.437. The Labute approximate surface area is 183 Å². The Bertz CT molecular complexity index is 1090. The normalized spacial score (nSPS) is 16.2. The van der Waals surface area contributed by atoms with E-state index in [-0.39, 0.29) is 26.1 Å². The summed E-state index contributed by atoms with van der Waals surface area (Å²) in [6, 6.07) is 17.3. The van der Waals surface area contributed by atoms with Gasteiger partial charge < -0.3 is 4.74 Å². The first-order valence-corrected chi connectivity index (χ1v) is 12.1. The Kier molecular flexibility index (Phi) is 5.43. The maximum absolute atomic E-state index is 5.40. The summed E-state index contributed by atoms with van der Waals surface area (Å²) in [5.41, 5.74) is 8.53. The van der Waals surface area contributed by atoms with E-state index in [2.05, 4.69) is 74.0 Å². The molecule has 0 saturated carbocycles. The zero-order valence-corrected chi connectivity index (χ0v) is 19.6. The van der Waals surface area contributed by atoms with E-state index in [1.807, 2.05) is 12.1 Å². The third-order valence-electron chi connectivity index (χ3n) is 5.37. The minimum Gasteiger partial charge on any atom is -0.497 e. The van der Waals surface area contributed by atoms with Gasteiger partial charge in [-0.15, -0.1) is 0 Å². The molecule has 4 rings (SSSR count). The highest BCUT2D eigenvalue weighted by atomic mass is 127. The third-order valence-corrected chi connectivity index (χ3v) is 7.64. The third kappa shape index (κ3) is 4.06. The van der Waals surface area contributed by atoms with Gasteiger partial charge in [-0.2, -0.15) is 0 Å². The minimum atomic E-state index is -0.204. The zero-order chi connectivity index (χ0) is 20.6. The molecule has 148 valence electrons. The predicted molar refractivity (Wildman–Crippen MR) is 134 cm³/mol. The molecule has 0 aromatic heterocycles. The molecular weight excluding hydrogens is 469 g/mol. The second-order valence-corrected chi connectivity index (χ2v) is 10.9. The number of nitrogens with zero attached hydrogens (tertiary/aromatic N) is 1. The van der Waals surface area contributed by atoms with Gasteiger partial charge in [0.25, 0.3) is 0 Å². The van der Waals surface area contributed by atoms with Crippen molar-refractivity contribution in [1.82, 2.24) is 0 Å². The molecule has 0 saturated heterocycles. The van der Waals surface area contributed by atoms with E-state index in [1.54, 1.807) is 7.11 Å². The largest absolute Gasteiger partial charge is 0.497 e. The van der Waals surface area contributed by atoms with Gasteiger partial charge in [0.1, 0.15) is 5.75 Å². The van der Waals surface area contributed by atoms with Crippen molar-refractivity contribution >= 4 is 34.0 Å². The molecule has 0 fully saturated rings. The fraction of sp³-hybridized carbons (Fsp3) is 0.231. The molecule has 0 amide bonds. The van der Waals surface area contributed by atoms with Crippen molar-refractivity contribution in [2.75, 3.05) is 7.11 Å². The molecule has 2 nitrogen and oxygen atoms in total. The molecule has 0 spiro atoms. The van der Waals surface area contributed by atoms with Gasteiger partial charge in [0.05, 0.1) is 17.0 Å². The summed E-state index contributed by atoms with van der Waals surface area (Å²) < 4.78 is 9.04. The fourth-order valence-electron chi connectivity index (χ4n) is 3.62. The lowest BCUT2D eigenvalue weighted by Crippen LogP contribution is -2.11. The molecule has 0 atom stereocenters. The molecule has 1 aliphatic carbocycles. The SMILES string of the molecule is C=C1C(c2cccc(OC)c2)=CC2=C1N=CI=C2Cc1ccc(C(C)(C)C)cc1. The van der Waals surface area contributed by atoms with Gasteiger partial charge in [-0.25, -0.2) is 4.99 Å². The van der Waals surface area contributed by atoms with Crippen LogP contribution in [-0.4, -0.2) is 14.8 Å². The van der Waals surface area contributed by atoms with Gasteiger partial charge in [-0.1, -0.05) is 84.5 Å². The van der Waals surface area contributed by atoms with Crippen LogP contribution in [-0.2, 0) is 11.8 Å². The molecule has 29 heavy (non-hydrogen) atoms. The number of methoxy groups -OCH3 is 1. The van der Waals surface area contributed by atoms with Crippen LogP contribution >= 0.6 is 20.7 Å². The number of halogens is 1. The van der Waals surface area contributed by atoms with Crippen molar-refractivity contribution in [2.24, 2.45) is 4.99 Å². The van der Waals surface area contributed by atoms with Crippen molar-refractivity contribution in [2.45, 2.75) is 32.6 Å². The molecule has 0 radical (unpaired) electrons. The van der Waals surface area contributed by atoms with Gasteiger partial charge >= 0.3 is 0 Å². The van der Waals surface area contributed by atoms with Crippen LogP contribution in [0, 0.1) is 0 Å². The number of hydrogen-bond acceptors (Lipinski definition) is 2. The van der Waals surface area contributed by atoms with E-state index in [4.69, 9.17) is 9.73 Å². The summed E-state index contributed by atoms with van der Waals surface area (Å²) in [5.74, 6) is 0.861. The van der Waals surface area contributed by atoms with Crippen molar-refractivity contribution in [3.8, 4) is 5.75 Å². The van der Waals surface area contributed by atoms with Crippen molar-refractivity contribution in [3.05, 3.63) is 94.7 Å². The maximum atomic E-state index is 5.40. The summed E-state index contributed by atoms with van der Waals surface area (Å²) >= 11 is -0.204. The van der Waals surface area contributed by atoms with Crippen LogP contribution in [0.2, 0.25) is 0 Å². The monoisotopic (exact) mass is 495 g/mol. The molecule has 2 aromatic carbocycles. The average molecular weight is 495 g/mol. The molecule has 0 bridgehead atoms. The van der Waals surface area contributed by atoms with Gasteiger partial charge in [-0.05, 0) is 45.9 Å². The smallest absolute Gasteiger partial charge is 0.119 e. The van der Waals surface area contributed by atoms with Crippen LogP contribution in [0.1, 0.15) is 37.5 Å². The lowest BCUT2D eigenvalue weighted by atomic mass is 9.86. The number of aliphatic imine (C=N–C) groups is 1. The summed E-state index contributed by atoms with van der Waals surface area (Å²) in [4.78, 5) is 4.73. The van der Waals surface area contributed by atoms with Crippen molar-refractivity contribution < 1.29 is 4.74 Å². The highest BCUT2D eigenvalue weighted by Crippen LogP contribution is 2.41. The first kappa shape index (κ1) is 20.0. The van der Waals surface area contributed by atoms with Gasteiger partial charge in [0, 0.05) is 21.1 Å². The lowest BCUT2D eigenvalue weighted by molar-refractivity contribution is 0.414. The number of benzene rings is 2. The second-order valence-electron chi connectivity index (χ2n) is 8.40. The predicted octanol–water partition coefficient (Wildman–Crippen LogP) is 6.63. The first-order chi connectivity index (χ1) is 13.9. The van der Waals surface area contributed by atoms with Crippen molar-refractivity contribution in [3.63, 3.8) is 0 Å². The van der Waals surface area contributed by atoms with Crippen LogP contribution in [0.15, 0.2) is 83.0 Å². The first-order valence-electron chi connectivity index (χ1n) is 9.78. The summed E-state index contributed by atoms with van der Waals surface area (Å²) in [6.45, 7) is 11.1. The number of ether oxygens (including phenoxy) is 1. The van der Waals surface area contributed by atoms with Crippen LogP contribution in [0.4, 0.5) is 0 Å². The highest BCUT2D eigenvalue weighted by Gasteiger charge is 2.25. The molecule has 2 aliphatic rings.